The van der Waals surface area contributed by atoms with Gasteiger partial charge in [0.2, 0.25) is 0 Å². The fraction of sp³-hybridized carbons (Fsp3) is 0.286. The van der Waals surface area contributed by atoms with Crippen molar-refractivity contribution in [3.05, 3.63) is 69.2 Å². The number of benzene rings is 1. The summed E-state index contributed by atoms with van der Waals surface area (Å²) in [6.45, 7) is 12.4. The SMILES string of the molecule is CC1=CC(C)=N/C1=C(\c1[nH]c(C)cc1C)c1c(C)cc(O)cc1C. The number of phenolic OH excluding ortho intramolecular Hbond substituents is 1. The van der Waals surface area contributed by atoms with Crippen molar-refractivity contribution in [1.29, 1.82) is 0 Å². The zero-order valence-electron chi connectivity index (χ0n) is 15.2. The van der Waals surface area contributed by atoms with Crippen molar-refractivity contribution in [3.63, 3.8) is 0 Å². The van der Waals surface area contributed by atoms with Gasteiger partial charge in [0.15, 0.2) is 0 Å². The van der Waals surface area contributed by atoms with Gasteiger partial charge in [-0.25, -0.2) is 0 Å². The number of allylic oxidation sites excluding steroid dienone is 2. The van der Waals surface area contributed by atoms with Gasteiger partial charge in [0.1, 0.15) is 5.75 Å². The summed E-state index contributed by atoms with van der Waals surface area (Å²) in [5.41, 5.74) is 11.0. The average Bonchev–Trinajstić information content (AvgIpc) is 2.95. The summed E-state index contributed by atoms with van der Waals surface area (Å²) in [4.78, 5) is 8.31. The molecule has 1 aliphatic heterocycles. The summed E-state index contributed by atoms with van der Waals surface area (Å²) in [7, 11) is 0. The van der Waals surface area contributed by atoms with Crippen molar-refractivity contribution in [2.75, 3.05) is 0 Å². The number of aromatic amines is 1. The molecule has 0 fully saturated rings. The number of rotatable bonds is 2. The van der Waals surface area contributed by atoms with Gasteiger partial charge in [0.05, 0.1) is 11.4 Å². The van der Waals surface area contributed by atoms with Gasteiger partial charge in [-0.1, -0.05) is 0 Å². The maximum absolute atomic E-state index is 9.93. The van der Waals surface area contributed by atoms with E-state index in [4.69, 9.17) is 4.99 Å². The Morgan fingerprint density at radius 3 is 2.00 bits per heavy atom. The number of nitrogens with one attached hydrogen (secondary N) is 1. The minimum atomic E-state index is 0.302. The highest BCUT2D eigenvalue weighted by Gasteiger charge is 2.22. The molecule has 0 radical (unpaired) electrons. The molecule has 3 nitrogen and oxygen atoms in total. The summed E-state index contributed by atoms with van der Waals surface area (Å²) in [5.74, 6) is 0.302. The van der Waals surface area contributed by atoms with E-state index in [0.717, 1.165) is 45.1 Å². The molecule has 1 aromatic carbocycles. The van der Waals surface area contributed by atoms with Crippen LogP contribution in [0.2, 0.25) is 0 Å². The van der Waals surface area contributed by atoms with Gasteiger partial charge in [0, 0.05) is 17.0 Å². The molecule has 2 N–H and O–H groups in total. The summed E-state index contributed by atoms with van der Waals surface area (Å²) in [5, 5.41) is 9.93. The van der Waals surface area contributed by atoms with Crippen LogP contribution >= 0.6 is 0 Å². The third-order valence-electron chi connectivity index (χ3n) is 4.49. The number of aromatic hydroxyl groups is 1. The minimum Gasteiger partial charge on any atom is -0.508 e. The number of phenols is 1. The molecule has 0 unspecified atom stereocenters. The Balaban J connectivity index is 2.40. The molecule has 124 valence electrons. The topological polar surface area (TPSA) is 48.4 Å². The summed E-state index contributed by atoms with van der Waals surface area (Å²) < 4.78 is 0. The van der Waals surface area contributed by atoms with Gasteiger partial charge < -0.3 is 10.1 Å². The fourth-order valence-electron chi connectivity index (χ4n) is 3.62. The molecule has 2 aromatic rings. The highest BCUT2D eigenvalue weighted by atomic mass is 16.3. The smallest absolute Gasteiger partial charge is 0.116 e. The first-order valence-electron chi connectivity index (χ1n) is 8.23. The lowest BCUT2D eigenvalue weighted by atomic mass is 9.89. The molecule has 0 aliphatic carbocycles. The Bertz CT molecular complexity index is 900. The molecule has 24 heavy (non-hydrogen) atoms. The number of hydrogen-bond acceptors (Lipinski definition) is 2. The molecular weight excluding hydrogens is 296 g/mol. The summed E-state index contributed by atoms with van der Waals surface area (Å²) in [6.07, 6.45) is 2.12. The van der Waals surface area contributed by atoms with Crippen LogP contribution in [-0.4, -0.2) is 15.8 Å². The zero-order chi connectivity index (χ0) is 17.6. The molecule has 0 spiro atoms. The number of aliphatic imine (C=N–C) groups is 1. The molecular formula is C21H24N2O. The standard InChI is InChI=1S/C21H24N2O/c1-11-9-17(24)10-12(2)18(11)19(20-13(3)7-15(5)22-20)21-14(4)8-16(6)23-21/h7-10,22,24H,1-6H3/b21-19-. The van der Waals surface area contributed by atoms with Crippen LogP contribution in [-0.2, 0) is 0 Å². The molecule has 3 heteroatoms. The largest absolute Gasteiger partial charge is 0.508 e. The zero-order valence-corrected chi connectivity index (χ0v) is 15.2. The molecule has 0 saturated heterocycles. The average molecular weight is 320 g/mol. The third-order valence-corrected chi connectivity index (χ3v) is 4.49. The predicted molar refractivity (Wildman–Crippen MR) is 101 cm³/mol. The van der Waals surface area contributed by atoms with E-state index in [-0.39, 0.29) is 0 Å². The van der Waals surface area contributed by atoms with Gasteiger partial charge >= 0.3 is 0 Å². The highest BCUT2D eigenvalue weighted by molar-refractivity contribution is 6.01. The molecule has 1 aromatic heterocycles. The van der Waals surface area contributed by atoms with E-state index in [9.17, 15) is 5.11 Å². The molecule has 2 heterocycles. The second-order valence-electron chi connectivity index (χ2n) is 6.77. The van der Waals surface area contributed by atoms with Crippen LogP contribution < -0.4 is 0 Å². The van der Waals surface area contributed by atoms with Crippen LogP contribution in [0, 0.1) is 27.7 Å². The van der Waals surface area contributed by atoms with Gasteiger partial charge in [-0.3, -0.25) is 4.99 Å². The van der Waals surface area contributed by atoms with Crippen molar-refractivity contribution in [2.45, 2.75) is 41.5 Å². The van der Waals surface area contributed by atoms with Crippen LogP contribution in [0.1, 0.15) is 47.5 Å². The van der Waals surface area contributed by atoms with E-state index >= 15 is 0 Å². The van der Waals surface area contributed by atoms with Crippen molar-refractivity contribution in [3.8, 4) is 5.75 Å². The van der Waals surface area contributed by atoms with Crippen LogP contribution in [0.4, 0.5) is 0 Å². The van der Waals surface area contributed by atoms with Crippen molar-refractivity contribution in [1.82, 2.24) is 4.98 Å². The van der Waals surface area contributed by atoms with Gasteiger partial charge in [-0.15, -0.1) is 0 Å². The first-order chi connectivity index (χ1) is 11.3. The number of aryl methyl sites for hydroxylation is 4. The summed E-state index contributed by atoms with van der Waals surface area (Å²) in [6, 6.07) is 5.79. The van der Waals surface area contributed by atoms with Gasteiger partial charge in [0.25, 0.3) is 0 Å². The second-order valence-corrected chi connectivity index (χ2v) is 6.77. The third kappa shape index (κ3) is 2.71. The van der Waals surface area contributed by atoms with Crippen LogP contribution in [0.5, 0.6) is 5.75 Å². The predicted octanol–water partition coefficient (Wildman–Crippen LogP) is 5.13. The van der Waals surface area contributed by atoms with Crippen LogP contribution in [0.3, 0.4) is 0 Å². The van der Waals surface area contributed by atoms with Crippen molar-refractivity contribution >= 4 is 11.3 Å². The van der Waals surface area contributed by atoms with E-state index in [1.54, 1.807) is 0 Å². The lowest BCUT2D eigenvalue weighted by molar-refractivity contribution is 0.474. The van der Waals surface area contributed by atoms with Crippen molar-refractivity contribution in [2.24, 2.45) is 4.99 Å². The van der Waals surface area contributed by atoms with E-state index in [1.165, 1.54) is 11.1 Å². The number of aromatic nitrogens is 1. The lowest BCUT2D eigenvalue weighted by Gasteiger charge is -2.17. The van der Waals surface area contributed by atoms with E-state index < -0.39 is 0 Å². The lowest BCUT2D eigenvalue weighted by Crippen LogP contribution is -2.01. The quantitative estimate of drug-likeness (QED) is 0.791. The van der Waals surface area contributed by atoms with Crippen LogP contribution in [0.15, 0.2) is 40.5 Å². The Morgan fingerprint density at radius 2 is 1.54 bits per heavy atom. The molecule has 0 atom stereocenters. The number of H-pyrrole nitrogens is 1. The van der Waals surface area contributed by atoms with E-state index in [0.29, 0.717) is 5.75 Å². The molecule has 0 amide bonds. The van der Waals surface area contributed by atoms with Crippen molar-refractivity contribution < 1.29 is 5.11 Å². The maximum Gasteiger partial charge on any atom is 0.116 e. The molecule has 0 saturated carbocycles. The Labute approximate surface area is 143 Å². The number of nitrogens with zero attached hydrogens (tertiary/aromatic N) is 1. The second kappa shape index (κ2) is 5.82. The molecule has 1 aliphatic rings. The highest BCUT2D eigenvalue weighted by Crippen LogP contribution is 2.38. The Morgan fingerprint density at radius 1 is 0.917 bits per heavy atom. The fourth-order valence-corrected chi connectivity index (χ4v) is 3.62. The van der Waals surface area contributed by atoms with E-state index in [2.05, 4.69) is 37.9 Å². The van der Waals surface area contributed by atoms with E-state index in [1.807, 2.05) is 32.9 Å². The minimum absolute atomic E-state index is 0.302. The van der Waals surface area contributed by atoms with Gasteiger partial charge in [-0.2, -0.15) is 0 Å². The Hall–Kier alpha value is -2.55. The maximum atomic E-state index is 9.93. The number of hydrogen-bond donors (Lipinski definition) is 2. The molecule has 0 bridgehead atoms. The Kier molecular flexibility index (Phi) is 3.96. The first-order valence-corrected chi connectivity index (χ1v) is 8.23. The van der Waals surface area contributed by atoms with Crippen LogP contribution in [0.25, 0.3) is 5.57 Å². The monoisotopic (exact) mass is 320 g/mol. The first kappa shape index (κ1) is 16.3. The normalized spacial score (nSPS) is 16.2. The molecule has 3 rings (SSSR count). The van der Waals surface area contributed by atoms with Gasteiger partial charge in [-0.05, 0) is 93.6 Å². The summed E-state index contributed by atoms with van der Waals surface area (Å²) >= 11 is 0.